The minimum Gasteiger partial charge on any atom is -0.488 e. The topological polar surface area (TPSA) is 27.3 Å². The molecule has 70 valence electrons. The molecule has 4 heteroatoms. The molecule has 0 aliphatic carbocycles. The van der Waals surface area contributed by atoms with Crippen LogP contribution < -0.4 is 4.57 Å². The fourth-order valence-electron chi connectivity index (χ4n) is 0.830. The number of halogens is 1. The van der Waals surface area contributed by atoms with E-state index in [0.29, 0.717) is 0 Å². The third-order valence-electron chi connectivity index (χ3n) is 1.55. The van der Waals surface area contributed by atoms with Crippen molar-refractivity contribution < 1.29 is 14.1 Å². The van der Waals surface area contributed by atoms with Crippen LogP contribution in [0.2, 0.25) is 0 Å². The van der Waals surface area contributed by atoms with Crippen molar-refractivity contribution in [1.29, 1.82) is 0 Å². The van der Waals surface area contributed by atoms with Crippen molar-refractivity contribution in [3.63, 3.8) is 0 Å². The van der Waals surface area contributed by atoms with Crippen molar-refractivity contribution in [2.24, 2.45) is 0 Å². The van der Waals surface area contributed by atoms with Crippen molar-refractivity contribution >= 4 is 5.95 Å². The molecule has 1 aromatic rings. The van der Waals surface area contributed by atoms with E-state index in [4.69, 9.17) is 0 Å². The predicted octanol–water partition coefficient (Wildman–Crippen LogP) is 1.15. The number of nitrogens with zero attached hydrogens (tertiary/aromatic N) is 2. The highest BCUT2D eigenvalue weighted by molar-refractivity contribution is 5.24. The first-order valence-corrected chi connectivity index (χ1v) is 3.85. The molecule has 0 aliphatic heterocycles. The largest absolute Gasteiger partial charge is 0.488 e. The summed E-state index contributed by atoms with van der Waals surface area (Å²) in [6, 6.07) is 5.14. The van der Waals surface area contributed by atoms with Gasteiger partial charge in [-0.15, -0.1) is 8.96 Å². The molecule has 1 N–H and O–H groups in total. The SMILES string of the molecule is CN(C)/C(O)=C(\F)[n+]1ccccc1. The maximum atomic E-state index is 13.3. The summed E-state index contributed by atoms with van der Waals surface area (Å²) in [5.41, 5.74) is 0. The van der Waals surface area contributed by atoms with E-state index in [1.54, 1.807) is 32.3 Å². The van der Waals surface area contributed by atoms with Gasteiger partial charge >= 0.3 is 5.95 Å². The van der Waals surface area contributed by atoms with Crippen LogP contribution in [0.1, 0.15) is 0 Å². The summed E-state index contributed by atoms with van der Waals surface area (Å²) in [5, 5.41) is 9.26. The van der Waals surface area contributed by atoms with Gasteiger partial charge in [-0.3, -0.25) is 0 Å². The fraction of sp³-hybridized carbons (Fsp3) is 0.222. The monoisotopic (exact) mass is 183 g/mol. The smallest absolute Gasteiger partial charge is 0.426 e. The lowest BCUT2D eigenvalue weighted by Crippen LogP contribution is -2.32. The molecule has 0 amide bonds. The van der Waals surface area contributed by atoms with Crippen LogP contribution in [-0.2, 0) is 0 Å². The fourth-order valence-corrected chi connectivity index (χ4v) is 0.830. The summed E-state index contributed by atoms with van der Waals surface area (Å²) in [6.45, 7) is 0. The van der Waals surface area contributed by atoms with Crippen molar-refractivity contribution in [3.8, 4) is 0 Å². The van der Waals surface area contributed by atoms with E-state index in [0.717, 1.165) is 0 Å². The predicted molar refractivity (Wildman–Crippen MR) is 47.3 cm³/mol. The van der Waals surface area contributed by atoms with Crippen LogP contribution in [0.5, 0.6) is 0 Å². The molecule has 0 fully saturated rings. The average molecular weight is 183 g/mol. The van der Waals surface area contributed by atoms with E-state index in [-0.39, 0.29) is 0 Å². The van der Waals surface area contributed by atoms with Gasteiger partial charge in [0.05, 0.1) is 0 Å². The summed E-state index contributed by atoms with van der Waals surface area (Å²) in [4.78, 5) is 1.30. The van der Waals surface area contributed by atoms with E-state index in [1.165, 1.54) is 21.9 Å². The number of aliphatic hydroxyl groups is 1. The molecule has 0 unspecified atom stereocenters. The quantitative estimate of drug-likeness (QED) is 0.550. The Labute approximate surface area is 76.4 Å². The highest BCUT2D eigenvalue weighted by Gasteiger charge is 2.16. The van der Waals surface area contributed by atoms with E-state index in [1.807, 2.05) is 0 Å². The first-order valence-electron chi connectivity index (χ1n) is 3.85. The van der Waals surface area contributed by atoms with Crippen LogP contribution in [0.15, 0.2) is 36.5 Å². The van der Waals surface area contributed by atoms with Gasteiger partial charge in [0.1, 0.15) is 0 Å². The minimum absolute atomic E-state index is 0.392. The molecule has 1 heterocycles. The average Bonchev–Trinajstić information content (AvgIpc) is 2.17. The third kappa shape index (κ3) is 2.18. The second-order valence-electron chi connectivity index (χ2n) is 2.79. The minimum atomic E-state index is -0.689. The van der Waals surface area contributed by atoms with Gasteiger partial charge in [0.2, 0.25) is 0 Å². The normalized spacial score (nSPS) is 12.2. The molecule has 1 aromatic heterocycles. The number of hydrogen-bond donors (Lipinski definition) is 1. The summed E-state index contributed by atoms with van der Waals surface area (Å²) in [5.74, 6) is -1.08. The zero-order valence-electron chi connectivity index (χ0n) is 7.61. The van der Waals surface area contributed by atoms with Crippen LogP contribution >= 0.6 is 0 Å². The van der Waals surface area contributed by atoms with E-state index >= 15 is 0 Å². The number of aromatic nitrogens is 1. The Morgan fingerprint density at radius 2 is 1.77 bits per heavy atom. The first kappa shape index (κ1) is 9.51. The Balaban J connectivity index is 3.03. The Morgan fingerprint density at radius 3 is 2.23 bits per heavy atom. The molecular weight excluding hydrogens is 171 g/mol. The van der Waals surface area contributed by atoms with Crippen molar-refractivity contribution in [2.45, 2.75) is 0 Å². The summed E-state index contributed by atoms with van der Waals surface area (Å²) in [7, 11) is 3.14. The lowest BCUT2D eigenvalue weighted by molar-refractivity contribution is -0.596. The highest BCUT2D eigenvalue weighted by Crippen LogP contribution is 2.03. The number of aliphatic hydroxyl groups excluding tert-OH is 1. The van der Waals surface area contributed by atoms with Gasteiger partial charge in [0.25, 0.3) is 5.88 Å². The van der Waals surface area contributed by atoms with Gasteiger partial charge in [0, 0.05) is 26.2 Å². The van der Waals surface area contributed by atoms with Gasteiger partial charge < -0.3 is 10.0 Å². The zero-order valence-corrected chi connectivity index (χ0v) is 7.61. The molecule has 0 bridgehead atoms. The molecular formula is C9H12FN2O+. The first-order chi connectivity index (χ1) is 6.13. The second kappa shape index (κ2) is 3.89. The van der Waals surface area contributed by atoms with E-state index < -0.39 is 11.8 Å². The third-order valence-corrected chi connectivity index (χ3v) is 1.55. The Bertz CT molecular complexity index is 309. The summed E-state index contributed by atoms with van der Waals surface area (Å²) in [6.07, 6.45) is 3.05. The van der Waals surface area contributed by atoms with Gasteiger partial charge in [-0.1, -0.05) is 6.07 Å². The summed E-state index contributed by atoms with van der Waals surface area (Å²) >= 11 is 0. The van der Waals surface area contributed by atoms with Crippen LogP contribution in [0, 0.1) is 0 Å². The molecule has 0 saturated carbocycles. The van der Waals surface area contributed by atoms with Crippen molar-refractivity contribution in [3.05, 3.63) is 36.5 Å². The molecule has 1 rings (SSSR count). The van der Waals surface area contributed by atoms with Crippen LogP contribution in [0.25, 0.3) is 5.95 Å². The van der Waals surface area contributed by atoms with Crippen LogP contribution in [0.4, 0.5) is 4.39 Å². The van der Waals surface area contributed by atoms with Crippen molar-refractivity contribution in [1.82, 2.24) is 4.90 Å². The highest BCUT2D eigenvalue weighted by atomic mass is 19.1. The van der Waals surface area contributed by atoms with Gasteiger partial charge in [-0.25, -0.2) is 0 Å². The van der Waals surface area contributed by atoms with Crippen molar-refractivity contribution in [2.75, 3.05) is 14.1 Å². The second-order valence-corrected chi connectivity index (χ2v) is 2.79. The molecule has 3 nitrogen and oxygen atoms in total. The Kier molecular flexibility index (Phi) is 2.84. The molecule has 0 aliphatic rings. The van der Waals surface area contributed by atoms with Crippen LogP contribution in [0.3, 0.4) is 0 Å². The maximum absolute atomic E-state index is 13.3. The standard InChI is InChI=1S/C9H11FN2O/c1-11(2)9(13)8(10)12-6-4-3-5-7-12/h3-7H,1-2H3/p+1/b9-8-. The lowest BCUT2D eigenvalue weighted by atomic mass is 10.5. The van der Waals surface area contributed by atoms with Crippen LogP contribution in [-0.4, -0.2) is 24.1 Å². The van der Waals surface area contributed by atoms with E-state index in [2.05, 4.69) is 0 Å². The maximum Gasteiger partial charge on any atom is 0.426 e. The summed E-state index contributed by atoms with van der Waals surface area (Å²) < 4.78 is 14.5. The zero-order chi connectivity index (χ0) is 9.84. The Morgan fingerprint density at radius 1 is 1.23 bits per heavy atom. The molecule has 0 spiro atoms. The van der Waals surface area contributed by atoms with Gasteiger partial charge in [-0.05, 0) is 0 Å². The Hall–Kier alpha value is -1.58. The van der Waals surface area contributed by atoms with Gasteiger partial charge in [0.15, 0.2) is 12.4 Å². The molecule has 0 aromatic carbocycles. The van der Waals surface area contributed by atoms with E-state index in [9.17, 15) is 9.50 Å². The number of rotatable bonds is 2. The molecule has 0 atom stereocenters. The lowest BCUT2D eigenvalue weighted by Gasteiger charge is -2.07. The number of hydrogen-bond acceptors (Lipinski definition) is 2. The van der Waals surface area contributed by atoms with Gasteiger partial charge in [-0.2, -0.15) is 0 Å². The molecule has 0 saturated heterocycles. The molecule has 0 radical (unpaired) electrons. The number of pyridine rings is 1. The molecule has 13 heavy (non-hydrogen) atoms.